The molecule has 6 N–H and O–H groups in total. The highest BCUT2D eigenvalue weighted by Crippen LogP contribution is 2.56. The van der Waals surface area contributed by atoms with Crippen LogP contribution in [0.4, 0.5) is 47.3 Å². The van der Waals surface area contributed by atoms with Crippen molar-refractivity contribution in [3.63, 3.8) is 0 Å². The van der Waals surface area contributed by atoms with Crippen LogP contribution in [-0.4, -0.2) is 162 Å². The van der Waals surface area contributed by atoms with Crippen LogP contribution in [0.5, 0.6) is 11.5 Å². The van der Waals surface area contributed by atoms with Crippen molar-refractivity contribution in [2.24, 2.45) is 21.6 Å². The lowest BCUT2D eigenvalue weighted by molar-refractivity contribution is -0.139. The summed E-state index contributed by atoms with van der Waals surface area (Å²) in [6.07, 6.45) is 2.72. The van der Waals surface area contributed by atoms with E-state index in [9.17, 15) is 46.3 Å². The van der Waals surface area contributed by atoms with Crippen LogP contribution in [0.3, 0.4) is 0 Å². The van der Waals surface area contributed by atoms with E-state index in [0.29, 0.717) is 19.5 Å². The summed E-state index contributed by atoms with van der Waals surface area (Å²) in [6.45, 7) is 18.2. The Kier molecular flexibility index (Phi) is 23.8. The fourth-order valence-electron chi connectivity index (χ4n) is 10.0. The van der Waals surface area contributed by atoms with E-state index in [1.54, 1.807) is 77.3 Å². The number of nitrogens with one attached hydrogen (secondary N) is 2. The van der Waals surface area contributed by atoms with E-state index in [2.05, 4.69) is 15.6 Å². The van der Waals surface area contributed by atoms with Gasteiger partial charge in [0.15, 0.2) is 34.8 Å². The number of alkyl carbamates (subject to hydrolysis) is 2. The molecular formula is C63H82F6N6O16S. The number of ketones is 1. The molecule has 2 spiro atoms. The highest BCUT2D eigenvalue weighted by Gasteiger charge is 2.58. The summed E-state index contributed by atoms with van der Waals surface area (Å²) in [4.78, 5) is 69.6. The van der Waals surface area contributed by atoms with Crippen molar-refractivity contribution >= 4 is 63.4 Å². The van der Waals surface area contributed by atoms with Gasteiger partial charge in [-0.15, -0.1) is 0 Å². The van der Waals surface area contributed by atoms with Gasteiger partial charge in [-0.3, -0.25) is 14.3 Å². The van der Waals surface area contributed by atoms with Crippen LogP contribution < -0.4 is 35.6 Å². The molecule has 3 aromatic rings. The molecule has 92 heavy (non-hydrogen) atoms. The number of hydrogen-bond donors (Lipinski definition) is 5. The number of methoxy groups -OCH3 is 2. The minimum Gasteiger partial charge on any atom is -0.506 e. The number of aliphatic hydroxyl groups is 1. The number of ether oxygens (including phenoxy) is 7. The normalized spacial score (nSPS) is 21.6. The second kappa shape index (κ2) is 29.9. The number of amides is 2. The van der Waals surface area contributed by atoms with Gasteiger partial charge >= 0.3 is 24.1 Å². The van der Waals surface area contributed by atoms with Gasteiger partial charge in [0.2, 0.25) is 5.78 Å². The molecule has 29 heteroatoms. The number of aliphatic hydroxyl groups excluding tert-OH is 1. The Labute approximate surface area is 530 Å². The fraction of sp³-hybridized carbons (Fsp3) is 0.556. The first-order chi connectivity index (χ1) is 43.0. The Morgan fingerprint density at radius 1 is 0.717 bits per heavy atom. The molecule has 2 saturated heterocycles. The van der Waals surface area contributed by atoms with Gasteiger partial charge in [-0.1, -0.05) is 17.7 Å². The average Bonchev–Trinajstić information content (AvgIpc) is 1.56. The van der Waals surface area contributed by atoms with Crippen molar-refractivity contribution in [2.75, 3.05) is 70.0 Å². The molecule has 508 valence electrons. The molecule has 6 atom stereocenters. The van der Waals surface area contributed by atoms with Crippen LogP contribution in [0.1, 0.15) is 122 Å². The summed E-state index contributed by atoms with van der Waals surface area (Å²) in [5.41, 5.74) is 1.19. The van der Waals surface area contributed by atoms with Gasteiger partial charge in [-0.05, 0) is 126 Å². The van der Waals surface area contributed by atoms with Crippen LogP contribution in [-0.2, 0) is 43.4 Å². The number of carbonyl (C=O) groups is 5. The number of rotatable bonds is 18. The molecule has 3 aromatic carbocycles. The van der Waals surface area contributed by atoms with Crippen molar-refractivity contribution in [1.82, 2.24) is 10.6 Å². The largest absolute Gasteiger partial charge is 0.506 e. The van der Waals surface area contributed by atoms with E-state index < -0.39 is 132 Å². The lowest BCUT2D eigenvalue weighted by atomic mass is 10.0. The number of benzene rings is 3. The number of halogens is 6. The molecule has 2 amide bonds. The van der Waals surface area contributed by atoms with Crippen LogP contribution in [0.25, 0.3) is 5.76 Å². The zero-order valence-electron chi connectivity index (χ0n) is 53.5. The second-order valence-corrected chi connectivity index (χ2v) is 26.3. The Balaban J connectivity index is 0.000000235. The summed E-state index contributed by atoms with van der Waals surface area (Å²) >= 11 is 0. The Hall–Kier alpha value is -7.79. The van der Waals surface area contributed by atoms with Gasteiger partial charge in [-0.2, -0.15) is 8.42 Å². The topological polar surface area (TPSA) is 293 Å². The number of aliphatic imine (C=N–C) groups is 1. The van der Waals surface area contributed by atoms with Crippen molar-refractivity contribution in [3.8, 4) is 11.5 Å². The Morgan fingerprint density at radius 2 is 1.14 bits per heavy atom. The minimum atomic E-state index is -4.02. The van der Waals surface area contributed by atoms with Gasteiger partial charge in [0.1, 0.15) is 58.1 Å². The molecule has 6 aliphatic rings. The number of Topliss-reactive ketones (excluding diaryl/α,β-unsaturated/α-hetero) is 1. The maximum Gasteiger partial charge on any atom is 0.407 e. The van der Waals surface area contributed by atoms with Crippen molar-refractivity contribution in [3.05, 3.63) is 93.8 Å². The van der Waals surface area contributed by atoms with Gasteiger partial charge < -0.3 is 64.4 Å². The molecule has 4 aliphatic carbocycles. The predicted molar refractivity (Wildman–Crippen MR) is 327 cm³/mol. The van der Waals surface area contributed by atoms with Crippen LogP contribution in [0.15, 0.2) is 63.7 Å². The SMILES string of the molecule is CCO/C=C(\C(=O)OCC)C(=O)c1cc(F)c(N2C[C@@H](NC(=O)OC(C)(C)C)C3(CC3)C2)c(OC)c1F.CCOC(=O)C(C=N[C@@H]1C[C@@H]1F)=C(O)c1cc(F)c(N2C[C@@H](NC(=O)OC(C)(C)C)C3(CC3)C2)c(OC)c1F.Cc1ccc(S(=O)(=O)O)cc1.N[C@@H]1C[C@@H]1F. The summed E-state index contributed by atoms with van der Waals surface area (Å²) < 4.78 is 153. The maximum atomic E-state index is 15.7. The lowest BCUT2D eigenvalue weighted by Gasteiger charge is -2.24. The summed E-state index contributed by atoms with van der Waals surface area (Å²) in [7, 11) is -1.70. The molecule has 2 aliphatic heterocycles. The van der Waals surface area contributed by atoms with E-state index in [1.807, 2.05) is 6.92 Å². The number of esters is 2. The maximum absolute atomic E-state index is 15.7. The van der Waals surface area contributed by atoms with Crippen LogP contribution in [0, 0.1) is 41.0 Å². The third-order valence-electron chi connectivity index (χ3n) is 15.3. The van der Waals surface area contributed by atoms with Crippen molar-refractivity contribution < 1.29 is 102 Å². The molecule has 6 fully saturated rings. The molecular weight excluding hydrogens is 1240 g/mol. The van der Waals surface area contributed by atoms with Gasteiger partial charge in [0.05, 0.1) is 68.2 Å². The van der Waals surface area contributed by atoms with Gasteiger partial charge in [-0.25, -0.2) is 45.5 Å². The van der Waals surface area contributed by atoms with E-state index >= 15 is 17.6 Å². The quantitative estimate of drug-likeness (QED) is 0.00756. The Bertz CT molecular complexity index is 3420. The number of alkyl halides is 2. The number of hydrogen-bond acceptors (Lipinski definition) is 19. The summed E-state index contributed by atoms with van der Waals surface area (Å²) in [6, 6.07) is 5.99. The smallest absolute Gasteiger partial charge is 0.407 e. The first-order valence-electron chi connectivity index (χ1n) is 29.8. The number of anilines is 2. The molecule has 9 rings (SSSR count). The van der Waals surface area contributed by atoms with E-state index in [4.69, 9.17) is 43.4 Å². The predicted octanol–water partition coefficient (Wildman–Crippen LogP) is 9.91. The number of nitrogens with two attached hydrogens (primary N) is 1. The molecule has 0 aromatic heterocycles. The average molecular weight is 1330 g/mol. The Morgan fingerprint density at radius 3 is 1.51 bits per heavy atom. The number of carbonyl (C=O) groups excluding carboxylic acids is 5. The zero-order valence-corrected chi connectivity index (χ0v) is 54.3. The molecule has 4 saturated carbocycles. The monoisotopic (exact) mass is 1320 g/mol. The zero-order chi connectivity index (χ0) is 68.6. The highest BCUT2D eigenvalue weighted by molar-refractivity contribution is 7.85. The van der Waals surface area contributed by atoms with Crippen LogP contribution >= 0.6 is 0 Å². The lowest BCUT2D eigenvalue weighted by Crippen LogP contribution is -2.44. The molecule has 0 radical (unpaired) electrons. The van der Waals surface area contributed by atoms with Crippen molar-refractivity contribution in [2.45, 2.75) is 160 Å². The summed E-state index contributed by atoms with van der Waals surface area (Å²) in [5, 5.41) is 16.6. The minimum absolute atomic E-state index is 0.0239. The first-order valence-corrected chi connectivity index (χ1v) is 31.3. The first kappa shape index (κ1) is 73.3. The van der Waals surface area contributed by atoms with E-state index in [1.165, 1.54) is 19.1 Å². The van der Waals surface area contributed by atoms with E-state index in [-0.39, 0.29) is 84.6 Å². The number of nitrogens with zero attached hydrogens (tertiary/aromatic N) is 3. The summed E-state index contributed by atoms with van der Waals surface area (Å²) in [5.74, 6) is -9.05. The van der Waals surface area contributed by atoms with Gasteiger partial charge in [0.25, 0.3) is 10.1 Å². The molecule has 2 heterocycles. The van der Waals surface area contributed by atoms with Gasteiger partial charge in [0, 0.05) is 55.7 Å². The highest BCUT2D eigenvalue weighted by atomic mass is 32.2. The fourth-order valence-corrected chi connectivity index (χ4v) is 10.5. The van der Waals surface area contributed by atoms with E-state index in [0.717, 1.165) is 70.1 Å². The molecule has 0 bridgehead atoms. The third-order valence-corrected chi connectivity index (χ3v) is 16.2. The third kappa shape index (κ3) is 18.9. The standard InChI is InChI=1S/C27H34F3N3O6.C26H34F2N2O7.C7H8O3S.C3H6FN/c1-6-38-24(35)15(11-31-18-10-16(18)28)22(34)14-9-17(29)21(23(37-5)20(14)30)33-12-19(27(13-33)7-8-27)32-25(36)39-26(2,3)4;1-7-35-13-16(23(32)36-8-2)21(31)15-11-17(27)20(22(34-6)19(15)28)30-12-18(26(14-30)9-10-26)29-24(33)37-25(3,4)5;1-6-2-4-7(5-3-6)11(8,9)10;4-2-1-3(2)5/h9,11,16,18-19,34H,6-8,10,12-13H2,1-5H3,(H,32,36);11,13,18H,7-10,12,14H2,1-6H3,(H,29,33);2-5H,1H3,(H,8,9,10);2-3H,1,5H2/b;16-13-;;/t16-,18+,19+;18-;;2-,3+/m01.0/s1. The number of aryl methyl sites for hydroxylation is 1. The van der Waals surface area contributed by atoms with Crippen molar-refractivity contribution in [1.29, 1.82) is 0 Å². The second-order valence-electron chi connectivity index (χ2n) is 24.9. The molecule has 0 unspecified atom stereocenters. The van der Waals surface area contributed by atoms with Crippen LogP contribution in [0.2, 0.25) is 0 Å². The molecule has 22 nitrogen and oxygen atoms in total.